The van der Waals surface area contributed by atoms with Gasteiger partial charge in [0.1, 0.15) is 11.7 Å². The van der Waals surface area contributed by atoms with Crippen molar-refractivity contribution in [2.45, 2.75) is 44.1 Å². The lowest BCUT2D eigenvalue weighted by molar-refractivity contribution is -0.127. The Balaban J connectivity index is 2.11. The van der Waals surface area contributed by atoms with Gasteiger partial charge in [-0.05, 0) is 44.4 Å². The summed E-state index contributed by atoms with van der Waals surface area (Å²) in [6.07, 6.45) is -0.800. The molecule has 1 aliphatic rings. The number of carbonyl (C=O) groups excluding carboxylic acids is 2. The van der Waals surface area contributed by atoms with Crippen molar-refractivity contribution in [2.75, 3.05) is 13.2 Å². The summed E-state index contributed by atoms with van der Waals surface area (Å²) in [5.41, 5.74) is 8.56. The van der Waals surface area contributed by atoms with Crippen LogP contribution in [0.15, 0.2) is 18.3 Å². The summed E-state index contributed by atoms with van der Waals surface area (Å²) in [6.45, 7) is 1.80. The Morgan fingerprint density at radius 1 is 1.40 bits per heavy atom. The molecule has 1 saturated heterocycles. The van der Waals surface area contributed by atoms with Crippen LogP contribution in [0.5, 0.6) is 0 Å². The Bertz CT molecular complexity index is 985. The van der Waals surface area contributed by atoms with Crippen molar-refractivity contribution in [1.82, 2.24) is 14.9 Å². The molecule has 2 unspecified atom stereocenters. The van der Waals surface area contributed by atoms with Crippen LogP contribution in [0.25, 0.3) is 10.4 Å². The first kappa shape index (κ1) is 22.0. The molecule has 0 saturated carbocycles. The molecule has 0 aromatic carbocycles. The number of nitrogens with zero attached hydrogens (tertiary/aromatic N) is 3. The molecule has 1 fully saturated rings. The number of aromatic nitrogens is 2. The number of hydrogen-bond donors (Lipinski definition) is 2. The van der Waals surface area contributed by atoms with Gasteiger partial charge in [-0.25, -0.2) is 22.9 Å². The molecule has 2 aromatic heterocycles. The van der Waals surface area contributed by atoms with Crippen LogP contribution in [0.1, 0.15) is 36.2 Å². The van der Waals surface area contributed by atoms with Gasteiger partial charge in [-0.15, -0.1) is 11.3 Å². The summed E-state index contributed by atoms with van der Waals surface area (Å²) in [4.78, 5) is 34.5. The average Bonchev–Trinajstić information content (AvgIpc) is 3.32. The lowest BCUT2D eigenvalue weighted by Gasteiger charge is -2.32. The number of amides is 3. The molecule has 0 aliphatic carbocycles. The first-order valence-corrected chi connectivity index (χ1v) is 10.1. The normalized spacial score (nSPS) is 21.1. The largest absolute Gasteiger partial charge is 0.367 e. The predicted octanol–water partition coefficient (Wildman–Crippen LogP) is 2.86. The minimum atomic E-state index is -2.94. The van der Waals surface area contributed by atoms with Gasteiger partial charge in [-0.1, -0.05) is 0 Å². The number of likely N-dealkylation sites (tertiary alicyclic amines) is 1. The Hall–Kier alpha value is -2.69. The van der Waals surface area contributed by atoms with Crippen LogP contribution in [-0.2, 0) is 15.7 Å². The summed E-state index contributed by atoms with van der Waals surface area (Å²) >= 11 is 1.12. The van der Waals surface area contributed by atoms with Crippen LogP contribution in [0.2, 0.25) is 0 Å². The van der Waals surface area contributed by atoms with Gasteiger partial charge in [0, 0.05) is 12.7 Å². The molecular formula is C19H22F3N5O2S. The first-order chi connectivity index (χ1) is 14.1. The van der Waals surface area contributed by atoms with E-state index in [9.17, 15) is 22.8 Å². The molecule has 7 nitrogen and oxygen atoms in total. The Morgan fingerprint density at radius 3 is 2.67 bits per heavy atom. The van der Waals surface area contributed by atoms with Gasteiger partial charge >= 0.3 is 6.03 Å². The molecule has 0 bridgehead atoms. The zero-order valence-corrected chi connectivity index (χ0v) is 17.3. The van der Waals surface area contributed by atoms with Gasteiger partial charge in [-0.3, -0.25) is 9.78 Å². The van der Waals surface area contributed by atoms with Crippen molar-refractivity contribution < 1.29 is 22.8 Å². The van der Waals surface area contributed by atoms with Crippen molar-refractivity contribution in [3.8, 4) is 10.4 Å². The summed E-state index contributed by atoms with van der Waals surface area (Å²) in [7, 11) is 0. The Labute approximate surface area is 175 Å². The molecule has 0 radical (unpaired) electrons. The SMILES string of the molecule is Cc1nc(C2(C(N)=O)CCCN2C(N)=O)sc1-c1ccnc(C(C)(CF)C(F)F)c1. The smallest absolute Gasteiger partial charge is 0.316 e. The van der Waals surface area contributed by atoms with E-state index in [1.807, 2.05) is 0 Å². The molecule has 162 valence electrons. The molecular weight excluding hydrogens is 419 g/mol. The summed E-state index contributed by atoms with van der Waals surface area (Å²) in [6, 6.07) is 2.21. The fourth-order valence-electron chi connectivity index (χ4n) is 3.66. The van der Waals surface area contributed by atoms with Gasteiger partial charge in [-0.2, -0.15) is 0 Å². The molecule has 2 atom stereocenters. The number of primary amides is 2. The third kappa shape index (κ3) is 3.30. The van der Waals surface area contributed by atoms with Crippen LogP contribution in [0.4, 0.5) is 18.0 Å². The summed E-state index contributed by atoms with van der Waals surface area (Å²) in [5.74, 6) is -0.739. The van der Waals surface area contributed by atoms with E-state index >= 15 is 0 Å². The highest BCUT2D eigenvalue weighted by Gasteiger charge is 2.52. The van der Waals surface area contributed by atoms with E-state index in [-0.39, 0.29) is 18.7 Å². The number of rotatable bonds is 6. The Morgan fingerprint density at radius 2 is 2.10 bits per heavy atom. The third-order valence-corrected chi connectivity index (χ3v) is 6.93. The van der Waals surface area contributed by atoms with Crippen LogP contribution >= 0.6 is 11.3 Å². The number of hydrogen-bond acceptors (Lipinski definition) is 5. The van der Waals surface area contributed by atoms with Gasteiger partial charge in [0.05, 0.1) is 21.7 Å². The quantitative estimate of drug-likeness (QED) is 0.717. The molecule has 3 rings (SSSR count). The van der Waals surface area contributed by atoms with Crippen LogP contribution in [0.3, 0.4) is 0 Å². The average molecular weight is 441 g/mol. The second-order valence-electron chi connectivity index (χ2n) is 7.53. The highest BCUT2D eigenvalue weighted by atomic mass is 32.1. The Kier molecular flexibility index (Phi) is 5.76. The van der Waals surface area contributed by atoms with Gasteiger partial charge < -0.3 is 16.4 Å². The van der Waals surface area contributed by atoms with Crippen LogP contribution in [-0.4, -0.2) is 46.5 Å². The van der Waals surface area contributed by atoms with Crippen molar-refractivity contribution in [2.24, 2.45) is 11.5 Å². The number of alkyl halides is 3. The van der Waals surface area contributed by atoms with Gasteiger partial charge in [0.2, 0.25) is 0 Å². The highest BCUT2D eigenvalue weighted by Crippen LogP contribution is 2.44. The highest BCUT2D eigenvalue weighted by molar-refractivity contribution is 7.15. The maximum Gasteiger partial charge on any atom is 0.316 e. The predicted molar refractivity (Wildman–Crippen MR) is 106 cm³/mol. The third-order valence-electron chi connectivity index (χ3n) is 5.57. The minimum Gasteiger partial charge on any atom is -0.367 e. The van der Waals surface area contributed by atoms with Crippen LogP contribution in [0, 0.1) is 6.92 Å². The van der Waals surface area contributed by atoms with Gasteiger partial charge in [0.15, 0.2) is 5.54 Å². The lowest BCUT2D eigenvalue weighted by atomic mass is 9.87. The number of pyridine rings is 1. The van der Waals surface area contributed by atoms with Crippen molar-refractivity contribution >= 4 is 23.3 Å². The van der Waals surface area contributed by atoms with E-state index in [4.69, 9.17) is 11.5 Å². The number of thiazole rings is 1. The molecule has 2 aromatic rings. The first-order valence-electron chi connectivity index (χ1n) is 9.24. The molecule has 3 amide bonds. The second kappa shape index (κ2) is 7.86. The van der Waals surface area contributed by atoms with Crippen LogP contribution < -0.4 is 11.5 Å². The molecule has 4 N–H and O–H groups in total. The fraction of sp³-hybridized carbons (Fsp3) is 0.474. The van der Waals surface area contributed by atoms with Crippen molar-refractivity contribution in [3.63, 3.8) is 0 Å². The maximum atomic E-state index is 13.5. The number of nitrogens with two attached hydrogens (primary N) is 2. The second-order valence-corrected chi connectivity index (χ2v) is 8.53. The molecule has 0 spiro atoms. The molecule has 3 heterocycles. The number of halogens is 3. The van der Waals surface area contributed by atoms with E-state index in [1.165, 1.54) is 17.2 Å². The lowest BCUT2D eigenvalue weighted by Crippen LogP contribution is -2.55. The van der Waals surface area contributed by atoms with E-state index in [1.54, 1.807) is 13.0 Å². The zero-order chi connectivity index (χ0) is 22.3. The van der Waals surface area contributed by atoms with Crippen molar-refractivity contribution in [3.05, 3.63) is 34.7 Å². The monoisotopic (exact) mass is 441 g/mol. The summed E-state index contributed by atoms with van der Waals surface area (Å²) in [5, 5.41) is 0.305. The zero-order valence-electron chi connectivity index (χ0n) is 16.5. The number of aryl methyl sites for hydroxylation is 1. The summed E-state index contributed by atoms with van der Waals surface area (Å²) < 4.78 is 40.3. The van der Waals surface area contributed by atoms with Gasteiger partial charge in [0.25, 0.3) is 12.3 Å². The van der Waals surface area contributed by atoms with E-state index in [0.717, 1.165) is 18.3 Å². The van der Waals surface area contributed by atoms with E-state index in [0.29, 0.717) is 27.6 Å². The fourth-order valence-corrected chi connectivity index (χ4v) is 4.96. The van der Waals surface area contributed by atoms with Crippen molar-refractivity contribution in [1.29, 1.82) is 0 Å². The molecule has 11 heteroatoms. The topological polar surface area (TPSA) is 115 Å². The minimum absolute atomic E-state index is 0.0870. The number of urea groups is 1. The van der Waals surface area contributed by atoms with E-state index in [2.05, 4.69) is 9.97 Å². The molecule has 30 heavy (non-hydrogen) atoms. The number of carbonyl (C=O) groups is 2. The standard InChI is InChI=1S/C19H22F3N5O2S/c1-10-13(11-4-6-25-12(8-11)18(2,9-20)14(21)22)30-16(26-10)19(15(23)28)5-3-7-27(19)17(24)29/h4,6,8,14H,3,5,7,9H2,1-2H3,(H2,23,28)(H2,24,29). The maximum absolute atomic E-state index is 13.5. The van der Waals surface area contributed by atoms with E-state index < -0.39 is 36.0 Å². The molecule has 1 aliphatic heterocycles.